The minimum atomic E-state index is -4.96. The van der Waals surface area contributed by atoms with Crippen LogP contribution in [0.3, 0.4) is 0 Å². The Labute approximate surface area is 225 Å². The maximum Gasteiger partial charge on any atom is 0.418 e. The van der Waals surface area contributed by atoms with Crippen molar-refractivity contribution in [1.29, 1.82) is 0 Å². The van der Waals surface area contributed by atoms with Crippen molar-refractivity contribution >= 4 is 6.21 Å². The van der Waals surface area contributed by atoms with E-state index in [1.165, 1.54) is 18.2 Å². The van der Waals surface area contributed by atoms with Gasteiger partial charge in [-0.1, -0.05) is 59.9 Å². The molecule has 0 amide bonds. The van der Waals surface area contributed by atoms with Crippen LogP contribution in [0.2, 0.25) is 0 Å². The van der Waals surface area contributed by atoms with E-state index in [0.29, 0.717) is 46.9 Å². The molecule has 1 atom stereocenters. The number of halogens is 4. The summed E-state index contributed by atoms with van der Waals surface area (Å²) in [6.45, 7) is 15.5. The number of hydrogen-bond donors (Lipinski definition) is 2. The molecule has 1 heterocycles. The van der Waals surface area contributed by atoms with E-state index in [0.717, 1.165) is 0 Å². The van der Waals surface area contributed by atoms with Gasteiger partial charge in [0.15, 0.2) is 5.60 Å². The van der Waals surface area contributed by atoms with Crippen molar-refractivity contribution < 1.29 is 27.4 Å². The van der Waals surface area contributed by atoms with Crippen molar-refractivity contribution in [2.75, 3.05) is 13.2 Å². The molecule has 0 bridgehead atoms. The van der Waals surface area contributed by atoms with Crippen LogP contribution in [-0.2, 0) is 11.8 Å². The van der Waals surface area contributed by atoms with E-state index < -0.39 is 36.0 Å². The fourth-order valence-electron chi connectivity index (χ4n) is 4.31. The number of allylic oxidation sites excluding steroid dienone is 4. The van der Waals surface area contributed by atoms with Gasteiger partial charge in [0.25, 0.3) is 0 Å². The predicted octanol–water partition coefficient (Wildman–Crippen LogP) is 7.98. The molecule has 2 rings (SSSR count). The molecule has 8 heteroatoms. The monoisotopic (exact) mass is 540 g/mol. The molecule has 0 spiro atoms. The van der Waals surface area contributed by atoms with Crippen molar-refractivity contribution in [2.45, 2.75) is 85.9 Å². The molecule has 38 heavy (non-hydrogen) atoms. The number of nitrogens with one attached hydrogen (secondary N) is 1. The lowest BCUT2D eigenvalue weighted by Crippen LogP contribution is -2.55. The Morgan fingerprint density at radius 2 is 1.82 bits per heavy atom. The Morgan fingerprint density at radius 3 is 2.32 bits per heavy atom. The summed E-state index contributed by atoms with van der Waals surface area (Å²) in [6.07, 6.45) is 2.93. The molecule has 214 valence electrons. The minimum absolute atomic E-state index is 0. The fourth-order valence-corrected chi connectivity index (χ4v) is 4.31. The number of fused-ring (bicyclic) bond motifs is 1. The standard InChI is InChI=1S/C27H34F4N2O2.C2H6.CH4/c1-7-11-20(22(8-2)32-10-4)23(9-3)33-17-26(34,27(29,30)31)16-25(5,6)21-15-19(28)14-18-12-13-35-24(18)21;1-2;/h7-11,14-15,33-34H,2,12-13,16-17H2,1,3-6H3;1-2H3;1H4/b11-7-,22-20+,23-9+,32-10?;;/t26-;;/m0../s1. The Balaban J connectivity index is 0.00000445. The van der Waals surface area contributed by atoms with Crippen LogP contribution >= 0.6 is 0 Å². The molecule has 1 aliphatic heterocycles. The zero-order valence-corrected chi connectivity index (χ0v) is 22.9. The number of aliphatic imine (C=N–C) groups is 1. The second kappa shape index (κ2) is 14.9. The van der Waals surface area contributed by atoms with E-state index >= 15 is 0 Å². The second-order valence-electron chi connectivity index (χ2n) is 9.08. The molecule has 0 radical (unpaired) electrons. The summed E-state index contributed by atoms with van der Waals surface area (Å²) in [5.74, 6) is -0.147. The zero-order valence-electron chi connectivity index (χ0n) is 22.9. The van der Waals surface area contributed by atoms with Crippen LogP contribution in [0, 0.1) is 5.82 Å². The first-order chi connectivity index (χ1) is 17.3. The molecule has 0 fully saturated rings. The topological polar surface area (TPSA) is 53.9 Å². The van der Waals surface area contributed by atoms with E-state index in [2.05, 4.69) is 16.9 Å². The van der Waals surface area contributed by atoms with Crippen LogP contribution in [0.1, 0.15) is 73.4 Å². The smallest absolute Gasteiger partial charge is 0.418 e. The van der Waals surface area contributed by atoms with Gasteiger partial charge in [-0.05, 0) is 50.8 Å². The van der Waals surface area contributed by atoms with E-state index in [9.17, 15) is 22.7 Å². The van der Waals surface area contributed by atoms with Crippen LogP contribution in [-0.4, -0.2) is 36.3 Å². The highest BCUT2D eigenvalue weighted by Crippen LogP contribution is 2.45. The van der Waals surface area contributed by atoms with Crippen LogP contribution in [0.15, 0.2) is 65.0 Å². The van der Waals surface area contributed by atoms with E-state index in [1.54, 1.807) is 59.1 Å². The first-order valence-electron chi connectivity index (χ1n) is 12.5. The summed E-state index contributed by atoms with van der Waals surface area (Å²) in [5.41, 5.74) is -2.09. The lowest BCUT2D eigenvalue weighted by molar-refractivity contribution is -0.264. The largest absolute Gasteiger partial charge is 0.493 e. The number of aliphatic hydroxyl groups is 1. The second-order valence-corrected chi connectivity index (χ2v) is 9.08. The quantitative estimate of drug-likeness (QED) is 0.180. The lowest BCUT2D eigenvalue weighted by Gasteiger charge is -2.39. The molecule has 1 aliphatic rings. The maximum absolute atomic E-state index is 14.3. The third-order valence-electron chi connectivity index (χ3n) is 5.96. The van der Waals surface area contributed by atoms with Gasteiger partial charge in [-0.15, -0.1) is 0 Å². The fraction of sp³-hybridized carbons (Fsp3) is 0.500. The van der Waals surface area contributed by atoms with Crippen molar-refractivity contribution in [1.82, 2.24) is 5.32 Å². The Morgan fingerprint density at radius 1 is 1.18 bits per heavy atom. The van der Waals surface area contributed by atoms with Crippen LogP contribution in [0.5, 0.6) is 5.75 Å². The highest BCUT2D eigenvalue weighted by molar-refractivity contribution is 5.58. The molecule has 0 aromatic heterocycles. The van der Waals surface area contributed by atoms with E-state index in [-0.39, 0.29) is 7.43 Å². The van der Waals surface area contributed by atoms with Gasteiger partial charge in [-0.25, -0.2) is 4.39 Å². The molecule has 1 aromatic carbocycles. The van der Waals surface area contributed by atoms with Gasteiger partial charge >= 0.3 is 6.18 Å². The average molecular weight is 541 g/mol. The van der Waals surface area contributed by atoms with E-state index in [4.69, 9.17) is 4.74 Å². The minimum Gasteiger partial charge on any atom is -0.493 e. The Hall–Kier alpha value is -2.87. The van der Waals surface area contributed by atoms with Gasteiger partial charge in [-0.3, -0.25) is 4.99 Å². The van der Waals surface area contributed by atoms with E-state index in [1.807, 2.05) is 13.8 Å². The van der Waals surface area contributed by atoms with Gasteiger partial charge in [-0.2, -0.15) is 13.2 Å². The molecule has 0 aliphatic carbocycles. The van der Waals surface area contributed by atoms with Gasteiger partial charge in [0, 0.05) is 35.0 Å². The van der Waals surface area contributed by atoms with Gasteiger partial charge in [0.05, 0.1) is 18.8 Å². The number of alkyl halides is 3. The van der Waals surface area contributed by atoms with Gasteiger partial charge in [0.2, 0.25) is 0 Å². The zero-order chi connectivity index (χ0) is 28.4. The van der Waals surface area contributed by atoms with Crippen molar-refractivity contribution in [2.24, 2.45) is 4.99 Å². The molecular formula is C30H44F4N2O2. The molecule has 2 N–H and O–H groups in total. The van der Waals surface area contributed by atoms with Crippen molar-refractivity contribution in [3.8, 4) is 5.75 Å². The lowest BCUT2D eigenvalue weighted by atomic mass is 9.74. The SMILES string of the molecule is C.C=C/C(N=CC)=C(/C=C\C)C(=C/C)\NC[C@@](O)(CC(C)(C)c1cc(F)cc2c1OCC2)C(F)(F)F.CC. The number of benzene rings is 1. The number of hydrogen-bond acceptors (Lipinski definition) is 4. The van der Waals surface area contributed by atoms with Crippen LogP contribution < -0.4 is 10.1 Å². The molecule has 4 nitrogen and oxygen atoms in total. The summed E-state index contributed by atoms with van der Waals surface area (Å²) in [6, 6.07) is 2.53. The van der Waals surface area contributed by atoms with Gasteiger partial charge < -0.3 is 15.2 Å². The third-order valence-corrected chi connectivity index (χ3v) is 5.96. The summed E-state index contributed by atoms with van der Waals surface area (Å²) < 4.78 is 62.7. The van der Waals surface area contributed by atoms with Crippen LogP contribution in [0.25, 0.3) is 0 Å². The Bertz CT molecular complexity index is 1050. The number of ether oxygens (including phenoxy) is 1. The van der Waals surface area contributed by atoms with Crippen LogP contribution in [0.4, 0.5) is 17.6 Å². The van der Waals surface area contributed by atoms with Crippen molar-refractivity contribution in [3.05, 3.63) is 76.9 Å². The Kier molecular flexibility index (Phi) is 13.8. The third kappa shape index (κ3) is 8.32. The normalized spacial score (nSPS) is 16.1. The summed E-state index contributed by atoms with van der Waals surface area (Å²) in [4.78, 5) is 4.23. The number of nitrogens with zero attached hydrogens (tertiary/aromatic N) is 1. The summed E-state index contributed by atoms with van der Waals surface area (Å²) in [5, 5.41) is 13.8. The molecule has 0 saturated carbocycles. The number of rotatable bonds is 10. The molecular weight excluding hydrogens is 496 g/mol. The summed E-state index contributed by atoms with van der Waals surface area (Å²) in [7, 11) is 0. The average Bonchev–Trinajstić information content (AvgIpc) is 3.30. The molecule has 1 aromatic rings. The highest BCUT2D eigenvalue weighted by Gasteiger charge is 2.56. The maximum atomic E-state index is 14.3. The first kappa shape index (κ1) is 35.1. The molecule has 0 unspecified atom stereocenters. The summed E-state index contributed by atoms with van der Waals surface area (Å²) >= 11 is 0. The highest BCUT2D eigenvalue weighted by atomic mass is 19.4. The first-order valence-corrected chi connectivity index (χ1v) is 12.5. The van der Waals surface area contributed by atoms with Crippen molar-refractivity contribution in [3.63, 3.8) is 0 Å². The molecule has 0 saturated heterocycles. The van der Waals surface area contributed by atoms with Gasteiger partial charge in [0.1, 0.15) is 11.6 Å². The predicted molar refractivity (Wildman–Crippen MR) is 150 cm³/mol.